The highest BCUT2D eigenvalue weighted by atomic mass is 16.2. The Labute approximate surface area is 117 Å². The highest BCUT2D eigenvalue weighted by molar-refractivity contribution is 5.76. The Balaban J connectivity index is 1.63. The number of nitrogens with two attached hydrogens (primary N) is 1. The van der Waals surface area contributed by atoms with Gasteiger partial charge >= 0.3 is 0 Å². The molecule has 1 saturated carbocycles. The number of piperazine rings is 1. The second-order valence-corrected chi connectivity index (χ2v) is 6.05. The van der Waals surface area contributed by atoms with Crippen LogP contribution in [0, 0.1) is 5.92 Å². The molecule has 0 aromatic carbocycles. The molecule has 4 heteroatoms. The second-order valence-electron chi connectivity index (χ2n) is 6.05. The van der Waals surface area contributed by atoms with Gasteiger partial charge in [-0.1, -0.05) is 32.1 Å². The Morgan fingerprint density at radius 2 is 1.74 bits per heavy atom. The van der Waals surface area contributed by atoms with Crippen LogP contribution in [0.2, 0.25) is 0 Å². The van der Waals surface area contributed by atoms with Crippen LogP contribution in [-0.4, -0.2) is 55.0 Å². The van der Waals surface area contributed by atoms with E-state index in [1.807, 2.05) is 0 Å². The normalized spacial score (nSPS) is 22.7. The fraction of sp³-hybridized carbons (Fsp3) is 0.933. The molecule has 0 aromatic heterocycles. The lowest BCUT2D eigenvalue weighted by molar-refractivity contribution is -0.133. The van der Waals surface area contributed by atoms with E-state index in [0.717, 1.165) is 58.0 Å². The van der Waals surface area contributed by atoms with Gasteiger partial charge in [0.05, 0.1) is 0 Å². The van der Waals surface area contributed by atoms with Crippen molar-refractivity contribution in [3.63, 3.8) is 0 Å². The van der Waals surface area contributed by atoms with E-state index >= 15 is 0 Å². The molecular formula is C15H29N3O. The van der Waals surface area contributed by atoms with Crippen molar-refractivity contribution < 1.29 is 4.79 Å². The van der Waals surface area contributed by atoms with Crippen molar-refractivity contribution in [3.8, 4) is 0 Å². The summed E-state index contributed by atoms with van der Waals surface area (Å²) in [4.78, 5) is 16.6. The Kier molecular flexibility index (Phi) is 6.11. The van der Waals surface area contributed by atoms with Crippen molar-refractivity contribution in [1.82, 2.24) is 9.80 Å². The maximum atomic E-state index is 12.2. The number of rotatable bonds is 5. The van der Waals surface area contributed by atoms with Gasteiger partial charge in [-0.3, -0.25) is 9.69 Å². The van der Waals surface area contributed by atoms with Crippen LogP contribution >= 0.6 is 0 Å². The average Bonchev–Trinajstić information content (AvgIpc) is 2.47. The summed E-state index contributed by atoms with van der Waals surface area (Å²) >= 11 is 0. The molecule has 1 heterocycles. The van der Waals surface area contributed by atoms with Crippen LogP contribution in [0.15, 0.2) is 0 Å². The molecule has 2 N–H and O–H groups in total. The number of amides is 1. The van der Waals surface area contributed by atoms with Crippen molar-refractivity contribution in [2.45, 2.75) is 44.9 Å². The summed E-state index contributed by atoms with van der Waals surface area (Å²) in [7, 11) is 0. The zero-order chi connectivity index (χ0) is 13.5. The molecule has 2 fully saturated rings. The number of nitrogens with zero attached hydrogens (tertiary/aromatic N) is 2. The summed E-state index contributed by atoms with van der Waals surface area (Å²) in [6, 6.07) is 0. The zero-order valence-electron chi connectivity index (χ0n) is 12.1. The molecule has 19 heavy (non-hydrogen) atoms. The largest absolute Gasteiger partial charge is 0.340 e. The molecule has 0 atom stereocenters. The minimum absolute atomic E-state index is 0.373. The first-order valence-corrected chi connectivity index (χ1v) is 8.00. The van der Waals surface area contributed by atoms with Gasteiger partial charge in [0.15, 0.2) is 0 Å². The van der Waals surface area contributed by atoms with Gasteiger partial charge in [-0.25, -0.2) is 0 Å². The molecule has 4 nitrogen and oxygen atoms in total. The van der Waals surface area contributed by atoms with E-state index < -0.39 is 0 Å². The molecule has 0 radical (unpaired) electrons. The van der Waals surface area contributed by atoms with Crippen molar-refractivity contribution in [1.29, 1.82) is 0 Å². The van der Waals surface area contributed by atoms with Gasteiger partial charge in [-0.05, 0) is 12.3 Å². The van der Waals surface area contributed by atoms with Crippen molar-refractivity contribution >= 4 is 5.91 Å². The molecule has 0 spiro atoms. The first kappa shape index (κ1) is 14.8. The maximum Gasteiger partial charge on any atom is 0.222 e. The molecule has 110 valence electrons. The Morgan fingerprint density at radius 3 is 2.37 bits per heavy atom. The predicted octanol–water partition coefficient (Wildman–Crippen LogP) is 1.45. The van der Waals surface area contributed by atoms with Gasteiger partial charge in [0.2, 0.25) is 5.91 Å². The van der Waals surface area contributed by atoms with E-state index in [4.69, 9.17) is 5.73 Å². The number of hydrogen-bond acceptors (Lipinski definition) is 3. The van der Waals surface area contributed by atoms with Crippen LogP contribution in [0.1, 0.15) is 44.9 Å². The summed E-state index contributed by atoms with van der Waals surface area (Å²) in [5, 5.41) is 0. The van der Waals surface area contributed by atoms with Crippen molar-refractivity contribution in [3.05, 3.63) is 0 Å². The van der Waals surface area contributed by atoms with E-state index in [1.165, 1.54) is 32.1 Å². The van der Waals surface area contributed by atoms with E-state index in [9.17, 15) is 4.79 Å². The van der Waals surface area contributed by atoms with Crippen LogP contribution in [0.4, 0.5) is 0 Å². The third kappa shape index (κ3) is 4.77. The molecule has 2 aliphatic rings. The summed E-state index contributed by atoms with van der Waals surface area (Å²) in [5.74, 6) is 1.19. The highest BCUT2D eigenvalue weighted by Gasteiger charge is 2.21. The van der Waals surface area contributed by atoms with Gasteiger partial charge in [-0.2, -0.15) is 0 Å². The fourth-order valence-corrected chi connectivity index (χ4v) is 3.36. The highest BCUT2D eigenvalue weighted by Crippen LogP contribution is 2.27. The van der Waals surface area contributed by atoms with Crippen LogP contribution in [0.5, 0.6) is 0 Å². The Bertz CT molecular complexity index is 269. The quantitative estimate of drug-likeness (QED) is 0.820. The average molecular weight is 267 g/mol. The van der Waals surface area contributed by atoms with Gasteiger partial charge in [0.1, 0.15) is 0 Å². The second kappa shape index (κ2) is 7.85. The maximum absolute atomic E-state index is 12.2. The molecule has 0 unspecified atom stereocenters. The van der Waals surface area contributed by atoms with Gasteiger partial charge in [-0.15, -0.1) is 0 Å². The van der Waals surface area contributed by atoms with Gasteiger partial charge in [0.25, 0.3) is 0 Å². The van der Waals surface area contributed by atoms with Crippen molar-refractivity contribution in [2.24, 2.45) is 11.7 Å². The Hall–Kier alpha value is -0.610. The predicted molar refractivity (Wildman–Crippen MR) is 77.9 cm³/mol. The molecule has 1 saturated heterocycles. The minimum atomic E-state index is 0.373. The molecule has 1 amide bonds. The smallest absolute Gasteiger partial charge is 0.222 e. The van der Waals surface area contributed by atoms with Crippen LogP contribution < -0.4 is 5.73 Å². The Morgan fingerprint density at radius 1 is 1.05 bits per heavy atom. The number of carbonyl (C=O) groups excluding carboxylic acids is 1. The third-order valence-electron chi connectivity index (χ3n) is 4.66. The van der Waals surface area contributed by atoms with Crippen LogP contribution in [0.3, 0.4) is 0 Å². The van der Waals surface area contributed by atoms with E-state index in [2.05, 4.69) is 9.80 Å². The monoisotopic (exact) mass is 267 g/mol. The lowest BCUT2D eigenvalue weighted by Crippen LogP contribution is -2.49. The first-order chi connectivity index (χ1) is 9.29. The lowest BCUT2D eigenvalue weighted by Gasteiger charge is -2.34. The zero-order valence-corrected chi connectivity index (χ0v) is 12.1. The van der Waals surface area contributed by atoms with E-state index in [1.54, 1.807) is 0 Å². The van der Waals surface area contributed by atoms with E-state index in [-0.39, 0.29) is 0 Å². The first-order valence-electron chi connectivity index (χ1n) is 8.00. The molecule has 0 aromatic rings. The van der Waals surface area contributed by atoms with Crippen molar-refractivity contribution in [2.75, 3.05) is 39.3 Å². The lowest BCUT2D eigenvalue weighted by atomic mass is 9.86. The topological polar surface area (TPSA) is 49.6 Å². The van der Waals surface area contributed by atoms with Crippen LogP contribution in [-0.2, 0) is 4.79 Å². The molecule has 1 aliphatic carbocycles. The summed E-state index contributed by atoms with van der Waals surface area (Å²) in [6.45, 7) is 5.45. The SMILES string of the molecule is NCCN1CCN(C(=O)CCC2CCCCC2)CC1. The standard InChI is InChI=1S/C15H29N3O/c16-8-9-17-10-12-18(13-11-17)15(19)7-6-14-4-2-1-3-5-14/h14H,1-13,16H2. The summed E-state index contributed by atoms with van der Waals surface area (Å²) in [5.41, 5.74) is 5.56. The van der Waals surface area contributed by atoms with Crippen LogP contribution in [0.25, 0.3) is 0 Å². The molecule has 0 bridgehead atoms. The van der Waals surface area contributed by atoms with Gasteiger partial charge in [0, 0.05) is 45.7 Å². The summed E-state index contributed by atoms with van der Waals surface area (Å²) < 4.78 is 0. The number of hydrogen-bond donors (Lipinski definition) is 1. The molecular weight excluding hydrogens is 238 g/mol. The minimum Gasteiger partial charge on any atom is -0.340 e. The molecule has 1 aliphatic heterocycles. The fourth-order valence-electron chi connectivity index (χ4n) is 3.36. The molecule has 2 rings (SSSR count). The third-order valence-corrected chi connectivity index (χ3v) is 4.66. The van der Waals surface area contributed by atoms with Gasteiger partial charge < -0.3 is 10.6 Å². The van der Waals surface area contributed by atoms with E-state index in [0.29, 0.717) is 5.91 Å². The summed E-state index contributed by atoms with van der Waals surface area (Å²) in [6.07, 6.45) is 8.71. The number of carbonyl (C=O) groups is 1.